The van der Waals surface area contributed by atoms with Crippen LogP contribution in [-0.2, 0) is 6.42 Å². The Bertz CT molecular complexity index is 556. The Kier molecular flexibility index (Phi) is 3.48. The first-order valence-electron chi connectivity index (χ1n) is 5.72. The lowest BCUT2D eigenvalue weighted by molar-refractivity contribution is 0.0655. The van der Waals surface area contributed by atoms with E-state index in [1.165, 1.54) is 12.1 Å². The van der Waals surface area contributed by atoms with Crippen LogP contribution in [0, 0.1) is 0 Å². The molecule has 0 fully saturated rings. The molecule has 1 aromatic carbocycles. The van der Waals surface area contributed by atoms with Crippen molar-refractivity contribution in [1.82, 2.24) is 0 Å². The summed E-state index contributed by atoms with van der Waals surface area (Å²) in [4.78, 5) is 10.7. The summed E-state index contributed by atoms with van der Waals surface area (Å²) in [6.45, 7) is 2.00. The van der Waals surface area contributed by atoms with Gasteiger partial charge in [-0.05, 0) is 29.7 Å². The molecule has 0 aliphatic rings. The second kappa shape index (κ2) is 5.06. The minimum absolute atomic E-state index is 0.168. The zero-order chi connectivity index (χ0) is 13.1. The van der Waals surface area contributed by atoms with Gasteiger partial charge in [0, 0.05) is 0 Å². The van der Waals surface area contributed by atoms with E-state index < -0.39 is 12.1 Å². The predicted octanol–water partition coefficient (Wildman–Crippen LogP) is 2.62. The quantitative estimate of drug-likeness (QED) is 0.869. The predicted molar refractivity (Wildman–Crippen MR) is 65.5 cm³/mol. The topological polar surface area (TPSA) is 70.7 Å². The van der Waals surface area contributed by atoms with Crippen LogP contribution < -0.4 is 0 Å². The van der Waals surface area contributed by atoms with Crippen LogP contribution in [0.4, 0.5) is 0 Å². The highest BCUT2D eigenvalue weighted by molar-refractivity contribution is 5.84. The number of aryl methyl sites for hydroxylation is 1. The first-order valence-corrected chi connectivity index (χ1v) is 5.72. The molecule has 4 heteroatoms. The van der Waals surface area contributed by atoms with Crippen LogP contribution in [0.3, 0.4) is 0 Å². The monoisotopic (exact) mass is 246 g/mol. The zero-order valence-electron chi connectivity index (χ0n) is 9.96. The van der Waals surface area contributed by atoms with Gasteiger partial charge in [0.05, 0.1) is 0 Å². The van der Waals surface area contributed by atoms with Gasteiger partial charge in [-0.15, -0.1) is 0 Å². The summed E-state index contributed by atoms with van der Waals surface area (Å²) in [6.07, 6.45) is -0.144. The average Bonchev–Trinajstić information content (AvgIpc) is 2.87. The molecule has 0 amide bonds. The smallest absolute Gasteiger partial charge is 0.371 e. The zero-order valence-corrected chi connectivity index (χ0v) is 9.96. The molecule has 2 aromatic rings. The van der Waals surface area contributed by atoms with Gasteiger partial charge in [0.2, 0.25) is 5.76 Å². The summed E-state index contributed by atoms with van der Waals surface area (Å²) in [7, 11) is 0. The minimum atomic E-state index is -1.14. The van der Waals surface area contributed by atoms with E-state index in [4.69, 9.17) is 9.52 Å². The third-order valence-corrected chi connectivity index (χ3v) is 2.84. The lowest BCUT2D eigenvalue weighted by atomic mass is 9.99. The fourth-order valence-electron chi connectivity index (χ4n) is 1.89. The van der Waals surface area contributed by atoms with Crippen molar-refractivity contribution in [2.24, 2.45) is 0 Å². The third kappa shape index (κ3) is 2.28. The molecule has 0 radical (unpaired) electrons. The van der Waals surface area contributed by atoms with E-state index in [0.29, 0.717) is 0 Å². The van der Waals surface area contributed by atoms with E-state index in [0.717, 1.165) is 17.5 Å². The first kappa shape index (κ1) is 12.4. The Hall–Kier alpha value is -2.07. The van der Waals surface area contributed by atoms with Crippen molar-refractivity contribution in [2.75, 3.05) is 0 Å². The van der Waals surface area contributed by atoms with E-state index in [1.54, 1.807) is 0 Å². The molecule has 94 valence electrons. The maximum Gasteiger partial charge on any atom is 0.371 e. The standard InChI is InChI=1S/C14H14O4/c1-2-9-5-3-4-6-10(9)13(15)11-7-8-12(18-11)14(16)17/h3-8,13,15H,2H2,1H3,(H,16,17). The van der Waals surface area contributed by atoms with Gasteiger partial charge in [0.25, 0.3) is 0 Å². The number of aliphatic hydroxyl groups is 1. The molecular weight excluding hydrogens is 232 g/mol. The number of aliphatic hydroxyl groups excluding tert-OH is 1. The number of aromatic carboxylic acids is 1. The van der Waals surface area contributed by atoms with Crippen molar-refractivity contribution in [3.05, 3.63) is 59.0 Å². The Balaban J connectivity index is 2.35. The van der Waals surface area contributed by atoms with Crippen LogP contribution in [0.2, 0.25) is 0 Å². The van der Waals surface area contributed by atoms with Gasteiger partial charge < -0.3 is 14.6 Å². The van der Waals surface area contributed by atoms with Gasteiger partial charge in [-0.2, -0.15) is 0 Å². The molecule has 0 saturated heterocycles. The van der Waals surface area contributed by atoms with Crippen LogP contribution in [-0.4, -0.2) is 16.2 Å². The molecular formula is C14H14O4. The highest BCUT2D eigenvalue weighted by Crippen LogP contribution is 2.26. The van der Waals surface area contributed by atoms with Crippen molar-refractivity contribution in [3.63, 3.8) is 0 Å². The van der Waals surface area contributed by atoms with Crippen molar-refractivity contribution >= 4 is 5.97 Å². The van der Waals surface area contributed by atoms with E-state index in [1.807, 2.05) is 31.2 Å². The molecule has 1 atom stereocenters. The van der Waals surface area contributed by atoms with Crippen molar-refractivity contribution in [1.29, 1.82) is 0 Å². The van der Waals surface area contributed by atoms with Crippen molar-refractivity contribution < 1.29 is 19.4 Å². The van der Waals surface area contributed by atoms with Gasteiger partial charge in [0.1, 0.15) is 11.9 Å². The summed E-state index contributed by atoms with van der Waals surface area (Å²) < 4.78 is 5.11. The molecule has 1 heterocycles. The summed E-state index contributed by atoms with van der Waals surface area (Å²) in [6, 6.07) is 10.3. The summed E-state index contributed by atoms with van der Waals surface area (Å²) in [5.41, 5.74) is 1.75. The van der Waals surface area contributed by atoms with Gasteiger partial charge in [0.15, 0.2) is 0 Å². The lowest BCUT2D eigenvalue weighted by Gasteiger charge is -2.12. The van der Waals surface area contributed by atoms with E-state index in [2.05, 4.69) is 0 Å². The second-order valence-electron chi connectivity index (χ2n) is 3.96. The molecule has 2 rings (SSSR count). The van der Waals surface area contributed by atoms with Crippen LogP contribution in [0.25, 0.3) is 0 Å². The molecule has 0 saturated carbocycles. The summed E-state index contributed by atoms with van der Waals surface area (Å²) in [5.74, 6) is -1.07. The summed E-state index contributed by atoms with van der Waals surface area (Å²) in [5, 5.41) is 19.0. The number of carbonyl (C=O) groups is 1. The fraction of sp³-hybridized carbons (Fsp3) is 0.214. The Morgan fingerprint density at radius 3 is 2.61 bits per heavy atom. The number of rotatable bonds is 4. The number of furan rings is 1. The lowest BCUT2D eigenvalue weighted by Crippen LogP contribution is -2.02. The molecule has 18 heavy (non-hydrogen) atoms. The van der Waals surface area contributed by atoms with E-state index >= 15 is 0 Å². The van der Waals surface area contributed by atoms with Crippen molar-refractivity contribution in [3.8, 4) is 0 Å². The maximum absolute atomic E-state index is 10.7. The fourth-order valence-corrected chi connectivity index (χ4v) is 1.89. The number of carboxylic acid groups (broad SMARTS) is 1. The van der Waals surface area contributed by atoms with Crippen LogP contribution in [0.1, 0.15) is 40.5 Å². The molecule has 2 N–H and O–H groups in total. The normalized spacial score (nSPS) is 12.3. The van der Waals surface area contributed by atoms with Gasteiger partial charge >= 0.3 is 5.97 Å². The number of carboxylic acids is 1. The Morgan fingerprint density at radius 2 is 2.00 bits per heavy atom. The maximum atomic E-state index is 10.7. The van der Waals surface area contributed by atoms with Gasteiger partial charge in [-0.1, -0.05) is 31.2 Å². The van der Waals surface area contributed by atoms with Crippen LogP contribution >= 0.6 is 0 Å². The third-order valence-electron chi connectivity index (χ3n) is 2.84. The number of hydrogen-bond acceptors (Lipinski definition) is 3. The van der Waals surface area contributed by atoms with Crippen LogP contribution in [0.15, 0.2) is 40.8 Å². The van der Waals surface area contributed by atoms with Crippen molar-refractivity contribution in [2.45, 2.75) is 19.4 Å². The molecule has 4 nitrogen and oxygen atoms in total. The SMILES string of the molecule is CCc1ccccc1C(O)c1ccc(C(=O)O)o1. The summed E-state index contributed by atoms with van der Waals surface area (Å²) >= 11 is 0. The first-order chi connectivity index (χ1) is 8.63. The Labute approximate surface area is 104 Å². The Morgan fingerprint density at radius 1 is 1.28 bits per heavy atom. The molecule has 0 aliphatic carbocycles. The second-order valence-corrected chi connectivity index (χ2v) is 3.96. The highest BCUT2D eigenvalue weighted by atomic mass is 16.4. The largest absolute Gasteiger partial charge is 0.475 e. The van der Waals surface area contributed by atoms with Crippen LogP contribution in [0.5, 0.6) is 0 Å². The van der Waals surface area contributed by atoms with E-state index in [9.17, 15) is 9.90 Å². The number of benzene rings is 1. The molecule has 1 unspecified atom stereocenters. The molecule has 0 spiro atoms. The van der Waals surface area contributed by atoms with E-state index in [-0.39, 0.29) is 11.5 Å². The molecule has 1 aromatic heterocycles. The molecule has 0 bridgehead atoms. The average molecular weight is 246 g/mol. The van der Waals surface area contributed by atoms with Gasteiger partial charge in [-0.3, -0.25) is 0 Å². The minimum Gasteiger partial charge on any atom is -0.475 e. The number of hydrogen-bond donors (Lipinski definition) is 2. The van der Waals surface area contributed by atoms with Gasteiger partial charge in [-0.25, -0.2) is 4.79 Å². The highest BCUT2D eigenvalue weighted by Gasteiger charge is 2.19. The molecule has 0 aliphatic heterocycles.